The first-order valence-electron chi connectivity index (χ1n) is 10.9. The van der Waals surface area contributed by atoms with Gasteiger partial charge in [0.2, 0.25) is 0 Å². The molecule has 1 aliphatic heterocycles. The van der Waals surface area contributed by atoms with Crippen molar-refractivity contribution in [2.75, 3.05) is 4.72 Å². The first-order valence-corrected chi connectivity index (χ1v) is 13.2. The Labute approximate surface area is 221 Å². The van der Waals surface area contributed by atoms with E-state index in [0.29, 0.717) is 11.1 Å². The minimum absolute atomic E-state index is 0.0548. The summed E-state index contributed by atoms with van der Waals surface area (Å²) in [4.78, 5) is 10.8. The SMILES string of the molecule is C=C(C)c1c(NS(=O)(=O)c2cc(Cl)cc(COC(C)=O)c2Cl)cc(F)cc1B1OC(C)(C)C(C)(C)O1. The van der Waals surface area contributed by atoms with Gasteiger partial charge in [0.1, 0.15) is 17.3 Å². The molecule has 1 aliphatic rings. The van der Waals surface area contributed by atoms with Crippen LogP contribution < -0.4 is 10.2 Å². The Morgan fingerprint density at radius 3 is 2.22 bits per heavy atom. The van der Waals surface area contributed by atoms with Crippen LogP contribution in [-0.2, 0) is 35.5 Å². The molecule has 0 spiro atoms. The molecule has 0 bridgehead atoms. The van der Waals surface area contributed by atoms with E-state index in [4.69, 9.17) is 37.2 Å². The second-order valence-electron chi connectivity index (χ2n) is 9.55. The van der Waals surface area contributed by atoms with Crippen LogP contribution in [0.2, 0.25) is 10.0 Å². The molecule has 0 amide bonds. The Morgan fingerprint density at radius 1 is 1.11 bits per heavy atom. The Hall–Kier alpha value is -2.11. The number of hydrogen-bond donors (Lipinski definition) is 1. The molecular formula is C24H27BCl2FNO6S. The second-order valence-corrected chi connectivity index (χ2v) is 12.0. The van der Waals surface area contributed by atoms with E-state index >= 15 is 0 Å². The number of esters is 1. The highest BCUT2D eigenvalue weighted by molar-refractivity contribution is 7.92. The van der Waals surface area contributed by atoms with Gasteiger partial charge in [0.25, 0.3) is 10.0 Å². The smallest absolute Gasteiger partial charge is 0.461 e. The van der Waals surface area contributed by atoms with E-state index in [1.54, 1.807) is 6.92 Å². The number of carbonyl (C=O) groups is 1. The molecule has 0 saturated carbocycles. The lowest BCUT2D eigenvalue weighted by atomic mass is 9.74. The van der Waals surface area contributed by atoms with Crippen LogP contribution in [0.1, 0.15) is 52.7 Å². The van der Waals surface area contributed by atoms with Gasteiger partial charge in [0, 0.05) is 23.1 Å². The summed E-state index contributed by atoms with van der Waals surface area (Å²) in [5.41, 5.74) is -0.249. The molecule has 0 aliphatic carbocycles. The third-order valence-electron chi connectivity index (χ3n) is 6.11. The Kier molecular flexibility index (Phi) is 7.89. The lowest BCUT2D eigenvalue weighted by Crippen LogP contribution is -2.41. The van der Waals surface area contributed by atoms with Gasteiger partial charge >= 0.3 is 13.1 Å². The third-order valence-corrected chi connectivity index (χ3v) is 8.28. The summed E-state index contributed by atoms with van der Waals surface area (Å²) >= 11 is 12.5. The van der Waals surface area contributed by atoms with Crippen molar-refractivity contribution in [2.24, 2.45) is 0 Å². The van der Waals surface area contributed by atoms with Gasteiger partial charge in [-0.1, -0.05) is 29.8 Å². The molecule has 1 N–H and O–H groups in total. The quantitative estimate of drug-likeness (QED) is 0.365. The predicted octanol–water partition coefficient (Wildman–Crippen LogP) is 5.33. The molecule has 0 atom stereocenters. The van der Waals surface area contributed by atoms with Gasteiger partial charge in [-0.2, -0.15) is 0 Å². The molecule has 0 radical (unpaired) electrons. The molecule has 2 aromatic carbocycles. The highest BCUT2D eigenvalue weighted by atomic mass is 35.5. The largest absolute Gasteiger partial charge is 0.495 e. The fourth-order valence-corrected chi connectivity index (χ4v) is 5.62. The van der Waals surface area contributed by atoms with Gasteiger partial charge in [-0.15, -0.1) is 0 Å². The Morgan fingerprint density at radius 2 is 1.69 bits per heavy atom. The Bertz CT molecular complexity index is 1330. The monoisotopic (exact) mass is 557 g/mol. The van der Waals surface area contributed by atoms with Crippen LogP contribution in [0.5, 0.6) is 0 Å². The van der Waals surface area contributed by atoms with Crippen molar-refractivity contribution in [2.45, 2.75) is 64.2 Å². The molecule has 194 valence electrons. The number of hydrogen-bond acceptors (Lipinski definition) is 6. The van der Waals surface area contributed by atoms with Crippen molar-refractivity contribution >= 4 is 63.0 Å². The summed E-state index contributed by atoms with van der Waals surface area (Å²) in [6.45, 7) is 13.9. The lowest BCUT2D eigenvalue weighted by molar-refractivity contribution is -0.142. The van der Waals surface area contributed by atoms with E-state index < -0.39 is 40.1 Å². The van der Waals surface area contributed by atoms with E-state index in [1.165, 1.54) is 19.1 Å². The molecule has 12 heteroatoms. The fourth-order valence-electron chi connectivity index (χ4n) is 3.64. The number of ether oxygens (including phenoxy) is 1. The summed E-state index contributed by atoms with van der Waals surface area (Å²) in [5.74, 6) is -1.29. The minimum Gasteiger partial charge on any atom is -0.461 e. The number of nitrogens with one attached hydrogen (secondary N) is 1. The third kappa shape index (κ3) is 5.73. The molecule has 36 heavy (non-hydrogen) atoms. The van der Waals surface area contributed by atoms with E-state index in [-0.39, 0.29) is 38.3 Å². The summed E-state index contributed by atoms with van der Waals surface area (Å²) < 4.78 is 61.1. The van der Waals surface area contributed by atoms with Crippen LogP contribution in [0, 0.1) is 5.82 Å². The summed E-state index contributed by atoms with van der Waals surface area (Å²) in [6, 6.07) is 4.81. The standard InChI is InChI=1S/C24H27BCl2FNO6S/c1-13(2)21-18(25-34-23(4,5)24(6,7)35-25)10-17(28)11-19(21)29-36(31,32)20-9-16(26)8-15(22(20)27)12-33-14(3)30/h8-11,29H,1,12H2,2-7H3. The molecule has 0 aromatic heterocycles. The number of anilines is 1. The molecule has 1 fully saturated rings. The zero-order chi connectivity index (χ0) is 27.2. The summed E-state index contributed by atoms with van der Waals surface area (Å²) in [7, 11) is -5.35. The van der Waals surface area contributed by atoms with E-state index in [1.807, 2.05) is 27.7 Å². The molecule has 2 aromatic rings. The average molecular weight is 558 g/mol. The van der Waals surface area contributed by atoms with Gasteiger partial charge in [0.05, 0.1) is 21.9 Å². The van der Waals surface area contributed by atoms with Crippen LogP contribution in [0.3, 0.4) is 0 Å². The van der Waals surface area contributed by atoms with Gasteiger partial charge in [-0.25, -0.2) is 12.8 Å². The maximum Gasteiger partial charge on any atom is 0.495 e. The topological polar surface area (TPSA) is 90.9 Å². The number of halogens is 3. The number of sulfonamides is 1. The molecule has 7 nitrogen and oxygen atoms in total. The average Bonchev–Trinajstić information content (AvgIpc) is 2.94. The summed E-state index contributed by atoms with van der Waals surface area (Å²) in [5, 5.41) is -0.133. The van der Waals surface area contributed by atoms with Crippen molar-refractivity contribution < 1.29 is 31.6 Å². The maximum absolute atomic E-state index is 14.8. The van der Waals surface area contributed by atoms with E-state index in [2.05, 4.69) is 11.3 Å². The van der Waals surface area contributed by atoms with Crippen molar-refractivity contribution in [3.05, 3.63) is 57.8 Å². The second kappa shape index (κ2) is 9.98. The molecule has 1 saturated heterocycles. The van der Waals surface area contributed by atoms with Crippen molar-refractivity contribution in [3.63, 3.8) is 0 Å². The zero-order valence-corrected chi connectivity index (χ0v) is 23.1. The first-order chi connectivity index (χ1) is 16.4. The fraction of sp³-hybridized carbons (Fsp3) is 0.375. The zero-order valence-electron chi connectivity index (χ0n) is 20.8. The van der Waals surface area contributed by atoms with Crippen LogP contribution in [0.4, 0.5) is 10.1 Å². The maximum atomic E-state index is 14.8. The van der Waals surface area contributed by atoms with Gasteiger partial charge in [-0.05, 0) is 69.9 Å². The molecule has 1 heterocycles. The highest BCUT2D eigenvalue weighted by Gasteiger charge is 2.52. The lowest BCUT2D eigenvalue weighted by Gasteiger charge is -2.32. The predicted molar refractivity (Wildman–Crippen MR) is 140 cm³/mol. The number of carbonyl (C=O) groups excluding carboxylic acids is 1. The van der Waals surface area contributed by atoms with E-state index in [0.717, 1.165) is 12.1 Å². The van der Waals surface area contributed by atoms with Crippen molar-refractivity contribution in [1.82, 2.24) is 0 Å². The van der Waals surface area contributed by atoms with Crippen molar-refractivity contribution in [3.8, 4) is 0 Å². The Balaban J connectivity index is 2.10. The summed E-state index contributed by atoms with van der Waals surface area (Å²) in [6.07, 6.45) is 0. The van der Waals surface area contributed by atoms with Gasteiger partial charge in [0.15, 0.2) is 0 Å². The minimum atomic E-state index is -4.38. The van der Waals surface area contributed by atoms with Gasteiger partial charge < -0.3 is 14.0 Å². The van der Waals surface area contributed by atoms with Crippen LogP contribution in [-0.4, -0.2) is 32.7 Å². The molecule has 3 rings (SSSR count). The highest BCUT2D eigenvalue weighted by Crippen LogP contribution is 2.38. The number of rotatable bonds is 7. The van der Waals surface area contributed by atoms with Crippen LogP contribution >= 0.6 is 23.2 Å². The number of allylic oxidation sites excluding steroid dienone is 1. The van der Waals surface area contributed by atoms with Crippen LogP contribution in [0.25, 0.3) is 5.57 Å². The molecular weight excluding hydrogens is 531 g/mol. The van der Waals surface area contributed by atoms with Crippen molar-refractivity contribution in [1.29, 1.82) is 0 Å². The first kappa shape index (κ1) is 28.5. The van der Waals surface area contributed by atoms with Gasteiger partial charge in [-0.3, -0.25) is 9.52 Å². The van der Waals surface area contributed by atoms with E-state index in [9.17, 15) is 17.6 Å². The number of benzene rings is 2. The molecule has 0 unspecified atom stereocenters. The normalized spacial score (nSPS) is 16.6. The van der Waals surface area contributed by atoms with Crippen LogP contribution in [0.15, 0.2) is 35.7 Å².